The molecule has 0 amide bonds. The molecule has 1 atom stereocenters. The molecule has 0 radical (unpaired) electrons. The summed E-state index contributed by atoms with van der Waals surface area (Å²) < 4.78 is 21.2. The van der Waals surface area contributed by atoms with Gasteiger partial charge in [0.25, 0.3) is 5.56 Å². The average molecular weight is 480 g/mol. The first kappa shape index (κ1) is 24.4. The van der Waals surface area contributed by atoms with Gasteiger partial charge in [0.05, 0.1) is 17.5 Å². The molecule has 4 rings (SSSR count). The fourth-order valence-electron chi connectivity index (χ4n) is 4.14. The number of aromatic nitrogens is 3. The van der Waals surface area contributed by atoms with E-state index in [1.54, 1.807) is 19.2 Å². The maximum absolute atomic E-state index is 14.3. The van der Waals surface area contributed by atoms with Crippen LogP contribution in [0.15, 0.2) is 53.6 Å². The van der Waals surface area contributed by atoms with Gasteiger partial charge >= 0.3 is 5.97 Å². The molecule has 1 fully saturated rings. The van der Waals surface area contributed by atoms with Crippen molar-refractivity contribution in [3.63, 3.8) is 0 Å². The average Bonchev–Trinajstić information content (AvgIpc) is 2.80. The normalized spacial score (nSPS) is 16.3. The van der Waals surface area contributed by atoms with Crippen molar-refractivity contribution in [3.05, 3.63) is 70.5 Å². The number of nitrogens with zero attached hydrogens (tertiary/aromatic N) is 5. The summed E-state index contributed by atoms with van der Waals surface area (Å²) in [5.74, 6) is -0.372. The first-order valence-corrected chi connectivity index (χ1v) is 11.6. The van der Waals surface area contributed by atoms with Crippen LogP contribution in [0.3, 0.4) is 0 Å². The second-order valence-corrected chi connectivity index (χ2v) is 9.73. The molecule has 0 N–H and O–H groups in total. The maximum Gasteiger partial charge on any atom is 0.338 e. The zero-order valence-electron chi connectivity index (χ0n) is 20.7. The summed E-state index contributed by atoms with van der Waals surface area (Å²) in [5.41, 5.74) is 1.24. The molecule has 2 aromatic heterocycles. The smallest absolute Gasteiger partial charge is 0.338 e. The Bertz CT molecular complexity index is 1280. The lowest BCUT2D eigenvalue weighted by molar-refractivity contribution is 0.00695. The predicted molar refractivity (Wildman–Crippen MR) is 133 cm³/mol. The summed E-state index contributed by atoms with van der Waals surface area (Å²) in [6.45, 7) is 9.59. The van der Waals surface area contributed by atoms with Crippen molar-refractivity contribution in [3.8, 4) is 11.3 Å². The van der Waals surface area contributed by atoms with Crippen molar-refractivity contribution >= 4 is 17.6 Å². The van der Waals surface area contributed by atoms with E-state index in [1.807, 2.05) is 32.9 Å². The lowest BCUT2D eigenvalue weighted by Gasteiger charge is -2.42. The highest BCUT2D eigenvalue weighted by molar-refractivity contribution is 5.90. The van der Waals surface area contributed by atoms with Gasteiger partial charge in [0, 0.05) is 56.2 Å². The van der Waals surface area contributed by atoms with Gasteiger partial charge in [-0.05, 0) is 58.0 Å². The van der Waals surface area contributed by atoms with E-state index >= 15 is 0 Å². The summed E-state index contributed by atoms with van der Waals surface area (Å²) in [4.78, 5) is 37.7. The van der Waals surface area contributed by atoms with E-state index in [1.165, 1.54) is 22.9 Å². The largest absolute Gasteiger partial charge is 0.456 e. The molecule has 1 aromatic carbocycles. The lowest BCUT2D eigenvalue weighted by atomic mass is 10.1. The fraction of sp³-hybridized carbons (Fsp3) is 0.385. The van der Waals surface area contributed by atoms with Gasteiger partial charge in [0.2, 0.25) is 5.95 Å². The summed E-state index contributed by atoms with van der Waals surface area (Å²) >= 11 is 0. The van der Waals surface area contributed by atoms with Gasteiger partial charge in [-0.3, -0.25) is 14.3 Å². The number of piperazine rings is 1. The van der Waals surface area contributed by atoms with Crippen LogP contribution in [-0.2, 0) is 11.8 Å². The van der Waals surface area contributed by atoms with Gasteiger partial charge in [-0.2, -0.15) is 0 Å². The molecular formula is C26H30FN5O3. The predicted octanol–water partition coefficient (Wildman–Crippen LogP) is 3.65. The van der Waals surface area contributed by atoms with E-state index in [2.05, 4.69) is 26.7 Å². The second kappa shape index (κ2) is 9.48. The number of anilines is 2. The van der Waals surface area contributed by atoms with Gasteiger partial charge < -0.3 is 14.5 Å². The van der Waals surface area contributed by atoms with Crippen molar-refractivity contribution in [1.82, 2.24) is 14.5 Å². The van der Waals surface area contributed by atoms with Crippen molar-refractivity contribution in [2.24, 2.45) is 7.05 Å². The van der Waals surface area contributed by atoms with Gasteiger partial charge in [-0.25, -0.2) is 14.2 Å². The summed E-state index contributed by atoms with van der Waals surface area (Å²) in [6, 6.07) is 10.3. The van der Waals surface area contributed by atoms with E-state index < -0.39 is 11.4 Å². The number of hydrogen-bond acceptors (Lipinski definition) is 7. The number of carbonyl (C=O) groups is 1. The Hall–Kier alpha value is -3.75. The highest BCUT2D eigenvalue weighted by Crippen LogP contribution is 2.26. The SMILES string of the molecule is C[C@@H]1CN(c2ccc(C(=O)OC(C)(C)C)cc2)CCN1c1nc(-c2ccncc2F)cc(=O)n1C. The lowest BCUT2D eigenvalue weighted by Crippen LogP contribution is -2.53. The molecule has 3 heterocycles. The Kier molecular flexibility index (Phi) is 6.60. The highest BCUT2D eigenvalue weighted by atomic mass is 19.1. The van der Waals surface area contributed by atoms with E-state index in [4.69, 9.17) is 4.74 Å². The van der Waals surface area contributed by atoms with Crippen LogP contribution in [0.25, 0.3) is 11.3 Å². The van der Waals surface area contributed by atoms with E-state index in [9.17, 15) is 14.0 Å². The van der Waals surface area contributed by atoms with Gasteiger partial charge in [0.15, 0.2) is 5.82 Å². The molecule has 0 aliphatic carbocycles. The molecular weight excluding hydrogens is 449 g/mol. The standard InChI is InChI=1S/C26H30FN5O3/c1-17-16-31(19-8-6-18(7-9-19)24(34)35-26(2,3)4)12-13-32(17)25-29-22(14-23(33)30(25)5)20-10-11-28-15-21(20)27/h6-11,14-15,17H,12-13,16H2,1-5H3/t17-/m1/s1. The van der Waals surface area contributed by atoms with Crippen LogP contribution in [-0.4, -0.2) is 51.8 Å². The monoisotopic (exact) mass is 479 g/mol. The number of benzene rings is 1. The Labute approximate surface area is 204 Å². The topological polar surface area (TPSA) is 80.6 Å². The number of hydrogen-bond donors (Lipinski definition) is 0. The van der Waals surface area contributed by atoms with Gasteiger partial charge in [-0.1, -0.05) is 0 Å². The number of carbonyl (C=O) groups excluding carboxylic acids is 1. The Morgan fingerprint density at radius 2 is 1.86 bits per heavy atom. The summed E-state index contributed by atoms with van der Waals surface area (Å²) in [5, 5.41) is 0. The van der Waals surface area contributed by atoms with Crippen LogP contribution in [0, 0.1) is 5.82 Å². The molecule has 0 bridgehead atoms. The van der Waals surface area contributed by atoms with E-state index in [0.29, 0.717) is 31.1 Å². The number of halogens is 1. The third-order valence-electron chi connectivity index (χ3n) is 5.91. The summed E-state index contributed by atoms with van der Waals surface area (Å²) in [7, 11) is 1.67. The number of pyridine rings is 1. The second-order valence-electron chi connectivity index (χ2n) is 9.73. The first-order valence-electron chi connectivity index (χ1n) is 11.6. The minimum Gasteiger partial charge on any atom is -0.456 e. The minimum atomic E-state index is -0.546. The molecule has 0 spiro atoms. The number of rotatable bonds is 4. The zero-order chi connectivity index (χ0) is 25.3. The van der Waals surface area contributed by atoms with Gasteiger partial charge in [0.1, 0.15) is 5.60 Å². The fourth-order valence-corrected chi connectivity index (χ4v) is 4.14. The van der Waals surface area contributed by atoms with Crippen molar-refractivity contribution in [1.29, 1.82) is 0 Å². The maximum atomic E-state index is 14.3. The molecule has 0 unspecified atom stereocenters. The Morgan fingerprint density at radius 3 is 2.49 bits per heavy atom. The summed E-state index contributed by atoms with van der Waals surface area (Å²) in [6.07, 6.45) is 2.59. The van der Waals surface area contributed by atoms with Crippen LogP contribution in [0.2, 0.25) is 0 Å². The molecule has 9 heteroatoms. The molecule has 1 aliphatic heterocycles. The zero-order valence-corrected chi connectivity index (χ0v) is 20.7. The van der Waals surface area contributed by atoms with Crippen LogP contribution < -0.4 is 15.4 Å². The third kappa shape index (κ3) is 5.34. The van der Waals surface area contributed by atoms with Gasteiger partial charge in [-0.15, -0.1) is 0 Å². The molecule has 3 aromatic rings. The first-order chi connectivity index (χ1) is 16.5. The Morgan fingerprint density at radius 1 is 1.14 bits per heavy atom. The molecule has 184 valence electrons. The number of ether oxygens (including phenoxy) is 1. The highest BCUT2D eigenvalue weighted by Gasteiger charge is 2.28. The molecule has 1 aliphatic rings. The van der Waals surface area contributed by atoms with Crippen LogP contribution in [0.1, 0.15) is 38.1 Å². The molecule has 0 saturated carbocycles. The number of esters is 1. The minimum absolute atomic E-state index is 0.0323. The van der Waals surface area contributed by atoms with E-state index in [-0.39, 0.29) is 28.8 Å². The van der Waals surface area contributed by atoms with Crippen LogP contribution in [0.5, 0.6) is 0 Å². The van der Waals surface area contributed by atoms with E-state index in [0.717, 1.165) is 11.9 Å². The van der Waals surface area contributed by atoms with Crippen LogP contribution >= 0.6 is 0 Å². The van der Waals surface area contributed by atoms with Crippen molar-refractivity contribution in [2.45, 2.75) is 39.3 Å². The van der Waals surface area contributed by atoms with Crippen molar-refractivity contribution in [2.75, 3.05) is 29.4 Å². The Balaban J connectivity index is 1.52. The quantitative estimate of drug-likeness (QED) is 0.529. The van der Waals surface area contributed by atoms with Crippen molar-refractivity contribution < 1.29 is 13.9 Å². The molecule has 35 heavy (non-hydrogen) atoms. The van der Waals surface area contributed by atoms with Crippen LogP contribution in [0.4, 0.5) is 16.0 Å². The molecule has 8 nitrogen and oxygen atoms in total. The third-order valence-corrected chi connectivity index (χ3v) is 5.91. The molecule has 1 saturated heterocycles.